The molecule has 0 spiro atoms. The van der Waals surface area contributed by atoms with Crippen molar-refractivity contribution in [3.8, 4) is 0 Å². The highest BCUT2D eigenvalue weighted by molar-refractivity contribution is 5.77. The van der Waals surface area contributed by atoms with Crippen LogP contribution < -0.4 is 0 Å². The molecule has 0 radical (unpaired) electrons. The first-order chi connectivity index (χ1) is 12.4. The molecule has 0 atom stereocenters. The number of rotatable bonds is 7. The van der Waals surface area contributed by atoms with E-state index in [1.54, 1.807) is 0 Å². The SMILES string of the molecule is C(=C\c1ccccc1)/C=N/N(Cc1ccccc1)Cc1ccccc1. The van der Waals surface area contributed by atoms with Gasteiger partial charge in [-0.1, -0.05) is 97.1 Å². The highest BCUT2D eigenvalue weighted by atomic mass is 15.4. The number of benzene rings is 3. The van der Waals surface area contributed by atoms with Gasteiger partial charge in [0.2, 0.25) is 0 Å². The molecule has 0 heterocycles. The van der Waals surface area contributed by atoms with E-state index in [1.165, 1.54) is 16.7 Å². The third kappa shape index (κ3) is 5.78. The minimum absolute atomic E-state index is 0.783. The van der Waals surface area contributed by atoms with Crippen molar-refractivity contribution in [2.75, 3.05) is 0 Å². The quantitative estimate of drug-likeness (QED) is 0.420. The summed E-state index contributed by atoms with van der Waals surface area (Å²) in [5.74, 6) is 0. The topological polar surface area (TPSA) is 15.6 Å². The van der Waals surface area contributed by atoms with Gasteiger partial charge in [0, 0.05) is 6.21 Å². The molecule has 0 amide bonds. The van der Waals surface area contributed by atoms with E-state index in [0.717, 1.165) is 13.1 Å². The maximum Gasteiger partial charge on any atom is 0.0614 e. The van der Waals surface area contributed by atoms with Crippen LogP contribution in [0.4, 0.5) is 0 Å². The van der Waals surface area contributed by atoms with E-state index in [0.29, 0.717) is 0 Å². The van der Waals surface area contributed by atoms with Crippen LogP contribution in [0.2, 0.25) is 0 Å². The first-order valence-electron chi connectivity index (χ1n) is 8.49. The number of hydrogen-bond acceptors (Lipinski definition) is 2. The van der Waals surface area contributed by atoms with E-state index in [2.05, 4.69) is 76.9 Å². The van der Waals surface area contributed by atoms with E-state index in [-0.39, 0.29) is 0 Å². The van der Waals surface area contributed by atoms with Crippen LogP contribution in [0.5, 0.6) is 0 Å². The molecule has 0 saturated heterocycles. The molecule has 3 aromatic carbocycles. The van der Waals surface area contributed by atoms with Crippen LogP contribution in [-0.2, 0) is 13.1 Å². The maximum atomic E-state index is 4.65. The lowest BCUT2D eigenvalue weighted by atomic mass is 10.2. The van der Waals surface area contributed by atoms with Crippen LogP contribution >= 0.6 is 0 Å². The Balaban J connectivity index is 1.69. The Morgan fingerprint density at radius 3 is 1.64 bits per heavy atom. The second-order valence-electron chi connectivity index (χ2n) is 5.83. The molecule has 0 aliphatic rings. The average Bonchev–Trinajstić information content (AvgIpc) is 2.67. The van der Waals surface area contributed by atoms with Crippen molar-refractivity contribution in [1.82, 2.24) is 5.01 Å². The summed E-state index contributed by atoms with van der Waals surface area (Å²) in [5.41, 5.74) is 3.68. The van der Waals surface area contributed by atoms with Gasteiger partial charge in [-0.2, -0.15) is 5.10 Å². The van der Waals surface area contributed by atoms with Gasteiger partial charge in [-0.25, -0.2) is 0 Å². The van der Waals surface area contributed by atoms with Gasteiger partial charge in [-0.05, 0) is 22.8 Å². The molecule has 0 aliphatic heterocycles. The van der Waals surface area contributed by atoms with E-state index < -0.39 is 0 Å². The summed E-state index contributed by atoms with van der Waals surface area (Å²) in [6.45, 7) is 1.57. The molecule has 0 unspecified atom stereocenters. The molecule has 25 heavy (non-hydrogen) atoms. The van der Waals surface area contributed by atoms with Crippen molar-refractivity contribution in [1.29, 1.82) is 0 Å². The molecular formula is C23H22N2. The number of hydrogen-bond donors (Lipinski definition) is 0. The van der Waals surface area contributed by atoms with Gasteiger partial charge in [-0.15, -0.1) is 0 Å². The van der Waals surface area contributed by atoms with Gasteiger partial charge in [0.15, 0.2) is 0 Å². The van der Waals surface area contributed by atoms with Gasteiger partial charge >= 0.3 is 0 Å². The Kier molecular flexibility index (Phi) is 6.18. The van der Waals surface area contributed by atoms with Crippen LogP contribution in [0.25, 0.3) is 6.08 Å². The van der Waals surface area contributed by atoms with Crippen molar-refractivity contribution in [2.45, 2.75) is 13.1 Å². The molecule has 124 valence electrons. The second-order valence-corrected chi connectivity index (χ2v) is 5.83. The fourth-order valence-electron chi connectivity index (χ4n) is 2.58. The van der Waals surface area contributed by atoms with E-state index in [4.69, 9.17) is 0 Å². The predicted molar refractivity (Wildman–Crippen MR) is 106 cm³/mol. The van der Waals surface area contributed by atoms with Crippen molar-refractivity contribution < 1.29 is 0 Å². The Labute approximate surface area is 149 Å². The third-order valence-corrected chi connectivity index (χ3v) is 3.82. The average molecular weight is 326 g/mol. The zero-order valence-electron chi connectivity index (χ0n) is 14.2. The number of nitrogens with zero attached hydrogens (tertiary/aromatic N) is 2. The maximum absolute atomic E-state index is 4.65. The van der Waals surface area contributed by atoms with Crippen LogP contribution in [0, 0.1) is 0 Å². The minimum Gasteiger partial charge on any atom is -0.288 e. The molecule has 0 saturated carbocycles. The standard InChI is InChI=1S/C23H22N2/c1-4-11-21(12-5-1)17-10-18-24-25(19-22-13-6-2-7-14-22)20-23-15-8-3-9-16-23/h1-18H,19-20H2/b17-10+,24-18+. The largest absolute Gasteiger partial charge is 0.288 e. The van der Waals surface area contributed by atoms with Crippen molar-refractivity contribution in [3.63, 3.8) is 0 Å². The zero-order chi connectivity index (χ0) is 17.2. The predicted octanol–water partition coefficient (Wildman–Crippen LogP) is 5.39. The minimum atomic E-state index is 0.783. The Morgan fingerprint density at radius 1 is 0.640 bits per heavy atom. The van der Waals surface area contributed by atoms with Crippen LogP contribution in [0.1, 0.15) is 16.7 Å². The van der Waals surface area contributed by atoms with Crippen LogP contribution in [-0.4, -0.2) is 11.2 Å². The summed E-state index contributed by atoms with van der Waals surface area (Å²) in [6, 6.07) is 31.1. The highest BCUT2D eigenvalue weighted by Crippen LogP contribution is 2.10. The first kappa shape index (κ1) is 16.7. The summed E-state index contributed by atoms with van der Waals surface area (Å²) in [5, 5.41) is 6.73. The summed E-state index contributed by atoms with van der Waals surface area (Å²) in [7, 11) is 0. The number of hydrazone groups is 1. The van der Waals surface area contributed by atoms with Gasteiger partial charge in [0.1, 0.15) is 0 Å². The molecule has 0 N–H and O–H groups in total. The molecule has 0 bridgehead atoms. The Bertz CT molecular complexity index is 752. The molecular weight excluding hydrogens is 304 g/mol. The first-order valence-corrected chi connectivity index (χ1v) is 8.49. The van der Waals surface area contributed by atoms with Gasteiger partial charge in [0.05, 0.1) is 13.1 Å². The fourth-order valence-corrected chi connectivity index (χ4v) is 2.58. The van der Waals surface area contributed by atoms with E-state index in [9.17, 15) is 0 Å². The van der Waals surface area contributed by atoms with E-state index >= 15 is 0 Å². The monoisotopic (exact) mass is 326 g/mol. The van der Waals surface area contributed by atoms with Gasteiger partial charge in [0.25, 0.3) is 0 Å². The smallest absolute Gasteiger partial charge is 0.0614 e. The molecule has 0 aliphatic carbocycles. The molecule has 2 heteroatoms. The summed E-state index contributed by atoms with van der Waals surface area (Å²) in [4.78, 5) is 0. The van der Waals surface area contributed by atoms with Crippen molar-refractivity contribution in [3.05, 3.63) is 114 Å². The Morgan fingerprint density at radius 2 is 1.12 bits per heavy atom. The van der Waals surface area contributed by atoms with Crippen molar-refractivity contribution >= 4 is 12.3 Å². The fraction of sp³-hybridized carbons (Fsp3) is 0.0870. The summed E-state index contributed by atoms with van der Waals surface area (Å²) < 4.78 is 0. The normalized spacial score (nSPS) is 11.2. The van der Waals surface area contributed by atoms with Gasteiger partial charge in [-0.3, -0.25) is 5.01 Å². The number of allylic oxidation sites excluding steroid dienone is 1. The van der Waals surface area contributed by atoms with Crippen LogP contribution in [0.15, 0.2) is 102 Å². The molecule has 3 rings (SSSR count). The second kappa shape index (κ2) is 9.24. The van der Waals surface area contributed by atoms with E-state index in [1.807, 2.05) is 42.6 Å². The molecule has 0 fully saturated rings. The molecule has 0 aromatic heterocycles. The summed E-state index contributed by atoms with van der Waals surface area (Å²) in [6.07, 6.45) is 5.91. The Hall–Kier alpha value is -3.13. The highest BCUT2D eigenvalue weighted by Gasteiger charge is 2.03. The molecule has 3 aromatic rings. The lowest BCUT2D eigenvalue weighted by molar-refractivity contribution is 0.272. The zero-order valence-corrected chi connectivity index (χ0v) is 14.2. The van der Waals surface area contributed by atoms with Gasteiger partial charge < -0.3 is 0 Å². The third-order valence-electron chi connectivity index (χ3n) is 3.82. The van der Waals surface area contributed by atoms with Crippen LogP contribution in [0.3, 0.4) is 0 Å². The lowest BCUT2D eigenvalue weighted by Crippen LogP contribution is -2.16. The lowest BCUT2D eigenvalue weighted by Gasteiger charge is -2.19. The molecule has 2 nitrogen and oxygen atoms in total. The van der Waals surface area contributed by atoms with Crippen molar-refractivity contribution in [2.24, 2.45) is 5.10 Å². The summed E-state index contributed by atoms with van der Waals surface area (Å²) >= 11 is 0.